The van der Waals surface area contributed by atoms with E-state index >= 15 is 0 Å². The van der Waals surface area contributed by atoms with Crippen molar-refractivity contribution in [1.29, 1.82) is 0 Å². The molecule has 206 valence electrons. The summed E-state index contributed by atoms with van der Waals surface area (Å²) < 4.78 is 79.2. The van der Waals surface area contributed by atoms with Crippen LogP contribution in [0.15, 0.2) is 71.0 Å². The molecule has 1 fully saturated rings. The van der Waals surface area contributed by atoms with Crippen LogP contribution in [0.3, 0.4) is 0 Å². The lowest BCUT2D eigenvalue weighted by Crippen LogP contribution is -2.44. The molecule has 0 saturated heterocycles. The van der Waals surface area contributed by atoms with Crippen molar-refractivity contribution < 1.29 is 35.9 Å². The lowest BCUT2D eigenvalue weighted by Gasteiger charge is -2.28. The molecule has 0 bridgehead atoms. The summed E-state index contributed by atoms with van der Waals surface area (Å²) >= 11 is 0. The lowest BCUT2D eigenvalue weighted by atomic mass is 9.81. The number of amides is 1. The summed E-state index contributed by atoms with van der Waals surface area (Å²) in [7, 11) is -3.57. The Morgan fingerprint density at radius 1 is 1.05 bits per heavy atom. The molecule has 1 aliphatic heterocycles. The first-order chi connectivity index (χ1) is 18.7. The van der Waals surface area contributed by atoms with Crippen molar-refractivity contribution in [3.8, 4) is 11.8 Å². The number of hydrogen-bond donors (Lipinski definition) is 2. The number of hydrogen-bond acceptors (Lipinski definition) is 4. The summed E-state index contributed by atoms with van der Waals surface area (Å²) in [6.45, 7) is 1.87. The van der Waals surface area contributed by atoms with E-state index in [4.69, 9.17) is 0 Å². The average molecular weight is 570 g/mol. The van der Waals surface area contributed by atoms with Crippen molar-refractivity contribution in [2.45, 2.75) is 48.3 Å². The maximum Gasteiger partial charge on any atom is 0.416 e. The largest absolute Gasteiger partial charge is 0.416 e. The Morgan fingerprint density at radius 3 is 2.40 bits per heavy atom. The Morgan fingerprint density at radius 2 is 1.75 bits per heavy atom. The van der Waals surface area contributed by atoms with E-state index in [-0.39, 0.29) is 29.0 Å². The van der Waals surface area contributed by atoms with E-state index in [1.165, 1.54) is 24.3 Å². The van der Waals surface area contributed by atoms with Gasteiger partial charge < -0.3 is 10.4 Å². The molecular formula is C30H23F4NO4S. The lowest BCUT2D eigenvalue weighted by molar-refractivity contribution is -0.137. The highest BCUT2D eigenvalue weighted by Gasteiger charge is 2.54. The predicted molar refractivity (Wildman–Crippen MR) is 141 cm³/mol. The molecule has 5 rings (SSSR count). The Hall–Kier alpha value is -3.94. The summed E-state index contributed by atoms with van der Waals surface area (Å²) in [5, 5.41) is 15.2. The molecular weight excluding hydrogens is 546 g/mol. The number of aryl methyl sites for hydroxylation is 1. The number of anilines is 1. The zero-order chi connectivity index (χ0) is 28.9. The van der Waals surface area contributed by atoms with Crippen LogP contribution in [0.4, 0.5) is 23.2 Å². The standard InChI is InChI=1S/C30H23F4NO4S/c1-19-2-4-20(5-3-19)10-12-29(37,27(36)35-23-7-9-26-21(16-23)11-15-40(26,38)39)18-28(13-14-28)24-17-22(30(32,33)34)6-8-25(24)31/h2-9,11,15-17,37H,13-14,18H2,1H3,(H,35,36). The second kappa shape index (κ2) is 9.61. The van der Waals surface area contributed by atoms with E-state index < -0.39 is 50.7 Å². The van der Waals surface area contributed by atoms with Gasteiger partial charge in [-0.15, -0.1) is 0 Å². The molecule has 1 unspecified atom stereocenters. The number of nitrogens with one attached hydrogen (secondary N) is 1. The summed E-state index contributed by atoms with van der Waals surface area (Å²) in [5.41, 5.74) is -2.97. The molecule has 0 radical (unpaired) electrons. The fraction of sp³-hybridized carbons (Fsp3) is 0.233. The molecule has 1 aliphatic carbocycles. The van der Waals surface area contributed by atoms with Gasteiger partial charge >= 0.3 is 6.18 Å². The summed E-state index contributed by atoms with van der Waals surface area (Å²) in [4.78, 5) is 13.6. The van der Waals surface area contributed by atoms with Gasteiger partial charge in [-0.3, -0.25) is 4.79 Å². The number of benzene rings is 3. The molecule has 40 heavy (non-hydrogen) atoms. The van der Waals surface area contributed by atoms with Gasteiger partial charge in [0.2, 0.25) is 5.60 Å². The molecule has 3 aromatic carbocycles. The molecule has 1 amide bonds. The minimum Gasteiger partial charge on any atom is -0.369 e. The van der Waals surface area contributed by atoms with Crippen LogP contribution in [0.5, 0.6) is 0 Å². The van der Waals surface area contributed by atoms with E-state index in [1.807, 2.05) is 6.92 Å². The normalized spacial score (nSPS) is 17.8. The Bertz CT molecular complexity index is 1710. The first kappa shape index (κ1) is 27.6. The van der Waals surface area contributed by atoms with Crippen LogP contribution < -0.4 is 5.32 Å². The van der Waals surface area contributed by atoms with Gasteiger partial charge in [0.05, 0.1) is 10.5 Å². The number of aliphatic hydroxyl groups is 1. The Kier molecular flexibility index (Phi) is 6.63. The van der Waals surface area contributed by atoms with Gasteiger partial charge in [0.1, 0.15) is 5.82 Å². The SMILES string of the molecule is Cc1ccc(C#CC(O)(CC2(c3cc(C(F)(F)F)ccc3F)CC2)C(=O)Nc2ccc3c(c2)C=CS3(=O)=O)cc1. The molecule has 10 heteroatoms. The minimum atomic E-state index is -4.70. The van der Waals surface area contributed by atoms with Crippen LogP contribution in [0.25, 0.3) is 6.08 Å². The van der Waals surface area contributed by atoms with Crippen molar-refractivity contribution in [3.63, 3.8) is 0 Å². The molecule has 0 spiro atoms. The number of sulfone groups is 1. The molecule has 2 N–H and O–H groups in total. The topological polar surface area (TPSA) is 83.5 Å². The summed E-state index contributed by atoms with van der Waals surface area (Å²) in [6, 6.07) is 13.1. The van der Waals surface area contributed by atoms with Crippen LogP contribution in [0.2, 0.25) is 0 Å². The van der Waals surface area contributed by atoms with Gasteiger partial charge in [0.25, 0.3) is 5.91 Å². The average Bonchev–Trinajstić information content (AvgIpc) is 3.59. The maximum absolute atomic E-state index is 14.9. The van der Waals surface area contributed by atoms with Crippen molar-refractivity contribution in [3.05, 3.63) is 99.7 Å². The van der Waals surface area contributed by atoms with Crippen LogP contribution in [-0.2, 0) is 26.2 Å². The van der Waals surface area contributed by atoms with Gasteiger partial charge in [-0.25, -0.2) is 12.8 Å². The zero-order valence-electron chi connectivity index (χ0n) is 21.1. The Labute approximate surface area is 228 Å². The second-order valence-corrected chi connectivity index (χ2v) is 12.0. The third-order valence-corrected chi connectivity index (χ3v) is 8.63. The van der Waals surface area contributed by atoms with Gasteiger partial charge in [0.15, 0.2) is 9.84 Å². The minimum absolute atomic E-state index is 0.0666. The molecule has 0 aromatic heterocycles. The number of halogens is 4. The van der Waals surface area contributed by atoms with E-state index in [1.54, 1.807) is 24.3 Å². The molecule has 1 heterocycles. The summed E-state index contributed by atoms with van der Waals surface area (Å²) in [6.07, 6.45) is -3.29. The van der Waals surface area contributed by atoms with Crippen LogP contribution in [0.1, 0.15) is 47.1 Å². The van der Waals surface area contributed by atoms with Crippen molar-refractivity contribution in [1.82, 2.24) is 0 Å². The fourth-order valence-corrected chi connectivity index (χ4v) is 5.96. The van der Waals surface area contributed by atoms with Crippen LogP contribution >= 0.6 is 0 Å². The predicted octanol–water partition coefficient (Wildman–Crippen LogP) is 5.75. The van der Waals surface area contributed by atoms with Gasteiger partial charge in [-0.1, -0.05) is 29.5 Å². The number of carbonyl (C=O) groups is 1. The second-order valence-electron chi connectivity index (χ2n) is 10.2. The summed E-state index contributed by atoms with van der Waals surface area (Å²) in [5.74, 6) is 3.50. The highest BCUT2D eigenvalue weighted by Crippen LogP contribution is 2.55. The maximum atomic E-state index is 14.9. The monoisotopic (exact) mass is 569 g/mol. The van der Waals surface area contributed by atoms with E-state index in [0.717, 1.165) is 23.1 Å². The van der Waals surface area contributed by atoms with Gasteiger partial charge in [-0.05, 0) is 85.5 Å². The quantitative estimate of drug-likeness (QED) is 0.303. The number of rotatable bonds is 5. The third kappa shape index (κ3) is 5.40. The third-order valence-electron chi connectivity index (χ3n) is 7.15. The van der Waals surface area contributed by atoms with Crippen LogP contribution in [0, 0.1) is 24.6 Å². The smallest absolute Gasteiger partial charge is 0.369 e. The van der Waals surface area contributed by atoms with E-state index in [2.05, 4.69) is 17.2 Å². The number of carbonyl (C=O) groups excluding carboxylic acids is 1. The molecule has 1 saturated carbocycles. The Balaban J connectivity index is 1.51. The fourth-order valence-electron chi connectivity index (χ4n) is 4.77. The number of fused-ring (bicyclic) bond motifs is 1. The number of alkyl halides is 3. The van der Waals surface area contributed by atoms with E-state index in [0.29, 0.717) is 17.2 Å². The first-order valence-corrected chi connectivity index (χ1v) is 13.8. The highest BCUT2D eigenvalue weighted by molar-refractivity contribution is 7.94. The molecule has 2 aliphatic rings. The molecule has 3 aromatic rings. The van der Waals surface area contributed by atoms with Crippen molar-refractivity contribution >= 4 is 27.5 Å². The van der Waals surface area contributed by atoms with E-state index in [9.17, 15) is 35.9 Å². The molecule has 1 atom stereocenters. The molecule has 5 nitrogen and oxygen atoms in total. The van der Waals surface area contributed by atoms with Crippen molar-refractivity contribution in [2.75, 3.05) is 5.32 Å². The van der Waals surface area contributed by atoms with Gasteiger partial charge in [-0.2, -0.15) is 13.2 Å². The zero-order valence-corrected chi connectivity index (χ0v) is 22.0. The van der Waals surface area contributed by atoms with Crippen LogP contribution in [-0.4, -0.2) is 25.0 Å². The highest BCUT2D eigenvalue weighted by atomic mass is 32.2. The first-order valence-electron chi connectivity index (χ1n) is 12.3. The van der Waals surface area contributed by atoms with Gasteiger partial charge in [0, 0.05) is 28.5 Å². The van der Waals surface area contributed by atoms with Crippen molar-refractivity contribution in [2.24, 2.45) is 0 Å².